The summed E-state index contributed by atoms with van der Waals surface area (Å²) in [4.78, 5) is 29.9. The predicted octanol–water partition coefficient (Wildman–Crippen LogP) is 5.89. The Hall–Kier alpha value is -4.14. The molecule has 0 fully saturated rings. The van der Waals surface area contributed by atoms with Gasteiger partial charge in [0.2, 0.25) is 0 Å². The predicted molar refractivity (Wildman–Crippen MR) is 127 cm³/mol. The van der Waals surface area contributed by atoms with Crippen LogP contribution < -0.4 is 4.74 Å². The fraction of sp³-hybridized carbons (Fsp3) is 0.222. The molecule has 3 rings (SSSR count). The van der Waals surface area contributed by atoms with E-state index in [1.54, 1.807) is 43.3 Å². The highest BCUT2D eigenvalue weighted by Crippen LogP contribution is 2.29. The van der Waals surface area contributed by atoms with Crippen molar-refractivity contribution in [3.8, 4) is 5.75 Å². The lowest BCUT2D eigenvalue weighted by molar-refractivity contribution is -0.137. The van der Waals surface area contributed by atoms with E-state index in [-0.39, 0.29) is 37.6 Å². The largest absolute Gasteiger partial charge is 0.485 e. The highest BCUT2D eigenvalue weighted by molar-refractivity contribution is 5.97. The minimum atomic E-state index is -4.40. The fourth-order valence-electron chi connectivity index (χ4n) is 3.17. The molecular weight excluding hydrogens is 475 g/mol. The first kappa shape index (κ1) is 26.5. The zero-order chi connectivity index (χ0) is 26.0. The number of carbonyl (C=O) groups is 2. The number of ether oxygens (including phenoxy) is 2. The number of carbonyl (C=O) groups excluding carboxylic acids is 2. The number of oxime groups is 1. The number of alkyl halides is 3. The molecule has 0 heterocycles. The Labute approximate surface area is 206 Å². The highest BCUT2D eigenvalue weighted by atomic mass is 19.4. The van der Waals surface area contributed by atoms with Crippen LogP contribution in [0.1, 0.15) is 44.3 Å². The van der Waals surface area contributed by atoms with E-state index in [0.29, 0.717) is 22.4 Å². The Kier molecular flexibility index (Phi) is 9.21. The van der Waals surface area contributed by atoms with E-state index in [9.17, 15) is 22.8 Å². The summed E-state index contributed by atoms with van der Waals surface area (Å²) in [6.07, 6.45) is -2.74. The van der Waals surface area contributed by atoms with Gasteiger partial charge in [-0.1, -0.05) is 53.7 Å². The van der Waals surface area contributed by atoms with Gasteiger partial charge in [-0.15, -0.1) is 0 Å². The number of hydrogen-bond acceptors (Lipinski definition) is 6. The molecular formula is C27H24F3NO5. The van der Waals surface area contributed by atoms with Crippen molar-refractivity contribution in [2.24, 2.45) is 5.16 Å². The van der Waals surface area contributed by atoms with Crippen LogP contribution in [0.5, 0.6) is 5.75 Å². The summed E-state index contributed by atoms with van der Waals surface area (Å²) < 4.78 is 48.6. The SMILES string of the molecule is CCOC(=O)c1cc(OCC(=O)c2ccccc2)ccc1CC=NOCc1ccc(C(F)(F)F)cc1. The molecule has 3 aromatic carbocycles. The van der Waals surface area contributed by atoms with Crippen molar-refractivity contribution in [1.29, 1.82) is 0 Å². The summed E-state index contributed by atoms with van der Waals surface area (Å²) in [5.74, 6) is -0.414. The topological polar surface area (TPSA) is 74.2 Å². The Balaban J connectivity index is 1.60. The Morgan fingerprint density at radius 2 is 1.69 bits per heavy atom. The number of esters is 1. The maximum Gasteiger partial charge on any atom is 0.416 e. The van der Waals surface area contributed by atoms with Gasteiger partial charge in [0.05, 0.1) is 17.7 Å². The smallest absolute Gasteiger partial charge is 0.416 e. The monoisotopic (exact) mass is 499 g/mol. The van der Waals surface area contributed by atoms with Crippen LogP contribution >= 0.6 is 0 Å². The second kappa shape index (κ2) is 12.5. The number of nitrogens with zero attached hydrogens (tertiary/aromatic N) is 1. The molecule has 0 amide bonds. The molecule has 3 aromatic rings. The summed E-state index contributed by atoms with van der Waals surface area (Å²) in [5.41, 5.74) is 1.16. The average Bonchev–Trinajstić information content (AvgIpc) is 2.88. The first-order valence-corrected chi connectivity index (χ1v) is 11.1. The molecule has 0 radical (unpaired) electrons. The Morgan fingerprint density at radius 1 is 0.972 bits per heavy atom. The van der Waals surface area contributed by atoms with E-state index in [4.69, 9.17) is 14.3 Å². The quantitative estimate of drug-likeness (QED) is 0.142. The van der Waals surface area contributed by atoms with Crippen molar-refractivity contribution in [2.45, 2.75) is 26.1 Å². The van der Waals surface area contributed by atoms with Crippen LogP contribution in [0.25, 0.3) is 0 Å². The van der Waals surface area contributed by atoms with Crippen molar-refractivity contribution in [1.82, 2.24) is 0 Å². The molecule has 0 saturated heterocycles. The van der Waals surface area contributed by atoms with E-state index in [2.05, 4.69) is 5.16 Å². The van der Waals surface area contributed by atoms with Crippen LogP contribution in [0.4, 0.5) is 13.2 Å². The number of hydrogen-bond donors (Lipinski definition) is 0. The summed E-state index contributed by atoms with van der Waals surface area (Å²) >= 11 is 0. The maximum absolute atomic E-state index is 12.6. The summed E-state index contributed by atoms with van der Waals surface area (Å²) in [5, 5.41) is 3.82. The van der Waals surface area contributed by atoms with Crippen molar-refractivity contribution < 1.29 is 37.1 Å². The van der Waals surface area contributed by atoms with E-state index < -0.39 is 17.7 Å². The molecule has 0 unspecified atom stereocenters. The van der Waals surface area contributed by atoms with Crippen LogP contribution in [0.3, 0.4) is 0 Å². The van der Waals surface area contributed by atoms with E-state index in [1.807, 2.05) is 6.07 Å². The number of benzene rings is 3. The number of rotatable bonds is 11. The molecule has 0 aliphatic heterocycles. The third-order valence-electron chi connectivity index (χ3n) is 5.02. The van der Waals surface area contributed by atoms with Gasteiger partial charge in [0.15, 0.2) is 12.4 Å². The fourth-order valence-corrected chi connectivity index (χ4v) is 3.17. The Morgan fingerprint density at radius 3 is 2.36 bits per heavy atom. The lowest BCUT2D eigenvalue weighted by Crippen LogP contribution is -2.13. The van der Waals surface area contributed by atoms with E-state index in [1.165, 1.54) is 24.4 Å². The van der Waals surface area contributed by atoms with Crippen LogP contribution in [0.15, 0.2) is 78.0 Å². The highest BCUT2D eigenvalue weighted by Gasteiger charge is 2.29. The van der Waals surface area contributed by atoms with Gasteiger partial charge >= 0.3 is 12.1 Å². The summed E-state index contributed by atoms with van der Waals surface area (Å²) in [6, 6.07) is 18.1. The summed E-state index contributed by atoms with van der Waals surface area (Å²) in [7, 11) is 0. The molecule has 0 atom stereocenters. The van der Waals surface area contributed by atoms with Gasteiger partial charge in [0.25, 0.3) is 0 Å². The second-order valence-corrected chi connectivity index (χ2v) is 7.58. The second-order valence-electron chi connectivity index (χ2n) is 7.58. The van der Waals surface area contributed by atoms with Crippen molar-refractivity contribution in [3.05, 3.63) is 101 Å². The molecule has 0 aliphatic carbocycles. The minimum Gasteiger partial charge on any atom is -0.485 e. The lowest BCUT2D eigenvalue weighted by Gasteiger charge is -2.11. The molecule has 0 aromatic heterocycles. The van der Waals surface area contributed by atoms with Gasteiger partial charge in [0.1, 0.15) is 12.4 Å². The molecule has 0 saturated carbocycles. The van der Waals surface area contributed by atoms with Gasteiger partial charge in [-0.2, -0.15) is 13.2 Å². The number of halogens is 3. The molecule has 0 bridgehead atoms. The number of Topliss-reactive ketones (excluding diaryl/α,β-unsaturated/α-hetero) is 1. The molecule has 188 valence electrons. The van der Waals surface area contributed by atoms with Gasteiger partial charge in [-0.3, -0.25) is 4.79 Å². The van der Waals surface area contributed by atoms with Crippen LogP contribution in [-0.4, -0.2) is 31.2 Å². The first-order valence-electron chi connectivity index (χ1n) is 11.1. The summed E-state index contributed by atoms with van der Waals surface area (Å²) in [6.45, 7) is 1.67. The zero-order valence-electron chi connectivity index (χ0n) is 19.5. The van der Waals surface area contributed by atoms with Crippen molar-refractivity contribution >= 4 is 18.0 Å². The van der Waals surface area contributed by atoms with E-state index in [0.717, 1.165) is 12.1 Å². The van der Waals surface area contributed by atoms with Crippen LogP contribution in [-0.2, 0) is 28.8 Å². The first-order chi connectivity index (χ1) is 17.3. The third kappa shape index (κ3) is 7.69. The standard InChI is InChI=1S/C27H24F3NO5/c1-2-34-26(33)24-16-23(35-18-25(32)21-6-4-3-5-7-21)13-10-20(24)14-15-31-36-17-19-8-11-22(12-9-19)27(28,29)30/h3-13,15-16H,2,14,17-18H2,1H3. The molecule has 36 heavy (non-hydrogen) atoms. The third-order valence-corrected chi connectivity index (χ3v) is 5.02. The normalized spacial score (nSPS) is 11.3. The Bertz CT molecular complexity index is 1190. The van der Waals surface area contributed by atoms with Crippen LogP contribution in [0, 0.1) is 0 Å². The van der Waals surface area contributed by atoms with Crippen molar-refractivity contribution in [3.63, 3.8) is 0 Å². The lowest BCUT2D eigenvalue weighted by atomic mass is 10.0. The number of ketones is 1. The van der Waals surface area contributed by atoms with E-state index >= 15 is 0 Å². The zero-order valence-corrected chi connectivity index (χ0v) is 19.5. The maximum atomic E-state index is 12.6. The molecule has 0 aliphatic rings. The molecule has 9 heteroatoms. The molecule has 0 N–H and O–H groups in total. The van der Waals surface area contributed by atoms with Gasteiger partial charge in [0, 0.05) is 18.2 Å². The van der Waals surface area contributed by atoms with Gasteiger partial charge in [-0.05, 0) is 42.3 Å². The molecule has 0 spiro atoms. The average molecular weight is 499 g/mol. The molecule has 6 nitrogen and oxygen atoms in total. The van der Waals surface area contributed by atoms with Crippen LogP contribution in [0.2, 0.25) is 0 Å². The minimum absolute atomic E-state index is 0.0123. The van der Waals surface area contributed by atoms with Gasteiger partial charge < -0.3 is 14.3 Å². The van der Waals surface area contributed by atoms with Gasteiger partial charge in [-0.25, -0.2) is 4.79 Å². The van der Waals surface area contributed by atoms with Crippen molar-refractivity contribution in [2.75, 3.05) is 13.2 Å².